The fourth-order valence-electron chi connectivity index (χ4n) is 1.21. The van der Waals surface area contributed by atoms with Gasteiger partial charge in [-0.05, 0) is 0 Å². The second kappa shape index (κ2) is 2.24. The topological polar surface area (TPSA) is 17.1 Å². The second-order valence-electron chi connectivity index (χ2n) is 2.50. The lowest BCUT2D eigenvalue weighted by Gasteiger charge is -1.93. The Hall–Kier alpha value is -1.51. The van der Waals surface area contributed by atoms with Crippen molar-refractivity contribution in [3.63, 3.8) is 0 Å². The Bertz CT molecular complexity index is 393. The van der Waals surface area contributed by atoms with E-state index in [1.807, 2.05) is 0 Å². The van der Waals surface area contributed by atoms with Gasteiger partial charge in [-0.3, -0.25) is 4.79 Å². The molecule has 0 bridgehead atoms. The Morgan fingerprint density at radius 1 is 0.917 bits per heavy atom. The highest BCUT2D eigenvalue weighted by molar-refractivity contribution is 6.18. The fourth-order valence-corrected chi connectivity index (χ4v) is 1.21. The summed E-state index contributed by atoms with van der Waals surface area (Å²) in [7, 11) is 0. The van der Waals surface area contributed by atoms with Crippen LogP contribution in [0.5, 0.6) is 0 Å². The van der Waals surface area contributed by atoms with E-state index in [0.29, 0.717) is 0 Å². The van der Waals surface area contributed by atoms with E-state index in [9.17, 15) is 13.6 Å². The molecule has 0 heterocycles. The third-order valence-electron chi connectivity index (χ3n) is 1.80. The van der Waals surface area contributed by atoms with E-state index < -0.39 is 17.4 Å². The van der Waals surface area contributed by atoms with Gasteiger partial charge in [-0.15, -0.1) is 0 Å². The Kier molecular flexibility index (Phi) is 1.33. The molecule has 0 saturated heterocycles. The van der Waals surface area contributed by atoms with E-state index in [1.165, 1.54) is 12.1 Å². The van der Waals surface area contributed by atoms with Crippen molar-refractivity contribution in [2.24, 2.45) is 0 Å². The molecule has 1 nitrogen and oxygen atoms in total. The third kappa shape index (κ3) is 0.733. The van der Waals surface area contributed by atoms with Crippen molar-refractivity contribution in [1.29, 1.82) is 0 Å². The first-order valence-corrected chi connectivity index (χ1v) is 3.41. The van der Waals surface area contributed by atoms with Crippen LogP contribution in [0.1, 0.15) is 15.9 Å². The van der Waals surface area contributed by atoms with Crippen LogP contribution in [0.2, 0.25) is 0 Å². The molecule has 0 unspecified atom stereocenters. The van der Waals surface area contributed by atoms with Crippen LogP contribution in [-0.4, -0.2) is 5.78 Å². The van der Waals surface area contributed by atoms with Crippen molar-refractivity contribution in [3.8, 4) is 0 Å². The predicted molar refractivity (Wildman–Crippen MR) is 39.9 cm³/mol. The Labute approximate surface area is 67.3 Å². The van der Waals surface area contributed by atoms with Crippen molar-refractivity contribution < 1.29 is 13.6 Å². The van der Waals surface area contributed by atoms with Gasteiger partial charge in [0.15, 0.2) is 5.83 Å². The van der Waals surface area contributed by atoms with Crippen LogP contribution < -0.4 is 0 Å². The van der Waals surface area contributed by atoms with Gasteiger partial charge < -0.3 is 0 Å². The largest absolute Gasteiger partial charge is 0.286 e. The van der Waals surface area contributed by atoms with Gasteiger partial charge in [0.1, 0.15) is 0 Å². The lowest BCUT2D eigenvalue weighted by Crippen LogP contribution is -1.93. The molecule has 0 N–H and O–H groups in total. The zero-order chi connectivity index (χ0) is 8.72. The lowest BCUT2D eigenvalue weighted by atomic mass is 10.1. The van der Waals surface area contributed by atoms with E-state index in [4.69, 9.17) is 0 Å². The molecule has 0 fully saturated rings. The number of Topliss-reactive ketones (excluding diaryl/α,β-unsaturated/α-hetero) is 1. The molecule has 0 amide bonds. The number of carbonyl (C=O) groups is 1. The van der Waals surface area contributed by atoms with E-state index in [-0.39, 0.29) is 11.1 Å². The van der Waals surface area contributed by atoms with Crippen molar-refractivity contribution >= 4 is 11.6 Å². The van der Waals surface area contributed by atoms with Crippen molar-refractivity contribution in [2.75, 3.05) is 0 Å². The highest BCUT2D eigenvalue weighted by atomic mass is 19.2. The molecule has 0 radical (unpaired) electrons. The maximum atomic E-state index is 12.8. The molecule has 3 heteroatoms. The summed E-state index contributed by atoms with van der Waals surface area (Å²) >= 11 is 0. The molecule has 0 aromatic heterocycles. The van der Waals surface area contributed by atoms with Crippen molar-refractivity contribution in [3.05, 3.63) is 41.2 Å². The third-order valence-corrected chi connectivity index (χ3v) is 1.80. The van der Waals surface area contributed by atoms with E-state index in [1.54, 1.807) is 12.1 Å². The second-order valence-corrected chi connectivity index (χ2v) is 2.50. The van der Waals surface area contributed by atoms with Gasteiger partial charge in [-0.2, -0.15) is 4.39 Å². The summed E-state index contributed by atoms with van der Waals surface area (Å²) < 4.78 is 25.5. The van der Waals surface area contributed by atoms with E-state index >= 15 is 0 Å². The Morgan fingerprint density at radius 3 is 2.08 bits per heavy atom. The van der Waals surface area contributed by atoms with Gasteiger partial charge in [-0.25, -0.2) is 4.39 Å². The molecule has 60 valence electrons. The molecular weight excluding hydrogens is 162 g/mol. The van der Waals surface area contributed by atoms with Gasteiger partial charge in [0.2, 0.25) is 11.6 Å². The van der Waals surface area contributed by atoms with Crippen LogP contribution in [0.15, 0.2) is 30.1 Å². The van der Waals surface area contributed by atoms with E-state index in [0.717, 1.165) is 0 Å². The highest BCUT2D eigenvalue weighted by Gasteiger charge is 2.29. The lowest BCUT2D eigenvalue weighted by molar-refractivity contribution is 0.101. The summed E-state index contributed by atoms with van der Waals surface area (Å²) in [4.78, 5) is 10.9. The summed E-state index contributed by atoms with van der Waals surface area (Å²) in [6.07, 6.45) is 0. The molecule has 1 aliphatic rings. The number of ketones is 1. The number of hydrogen-bond acceptors (Lipinski definition) is 1. The zero-order valence-electron chi connectivity index (χ0n) is 5.97. The quantitative estimate of drug-likeness (QED) is 0.578. The first-order chi connectivity index (χ1) is 5.72. The molecule has 0 saturated carbocycles. The summed E-state index contributed by atoms with van der Waals surface area (Å²) in [5.41, 5.74) is 0.160. The highest BCUT2D eigenvalue weighted by Crippen LogP contribution is 2.33. The van der Waals surface area contributed by atoms with Crippen LogP contribution in [0.3, 0.4) is 0 Å². The maximum Gasteiger partial charge on any atom is 0.225 e. The minimum Gasteiger partial charge on any atom is -0.286 e. The van der Waals surface area contributed by atoms with Crippen molar-refractivity contribution in [1.82, 2.24) is 0 Å². The minimum atomic E-state index is -1.28. The summed E-state index contributed by atoms with van der Waals surface area (Å²) in [6.45, 7) is 0. The number of fused-ring (bicyclic) bond motifs is 1. The van der Waals surface area contributed by atoms with Gasteiger partial charge in [-0.1, -0.05) is 24.3 Å². The average Bonchev–Trinajstić information content (AvgIpc) is 2.33. The van der Waals surface area contributed by atoms with Gasteiger partial charge in [0.25, 0.3) is 0 Å². The van der Waals surface area contributed by atoms with Crippen molar-refractivity contribution in [2.45, 2.75) is 0 Å². The van der Waals surface area contributed by atoms with Crippen LogP contribution in [-0.2, 0) is 0 Å². The van der Waals surface area contributed by atoms with E-state index in [2.05, 4.69) is 0 Å². The molecule has 1 aromatic carbocycles. The molecular formula is C9H4F2O. The zero-order valence-corrected chi connectivity index (χ0v) is 5.97. The van der Waals surface area contributed by atoms with Crippen LogP contribution in [0, 0.1) is 0 Å². The smallest absolute Gasteiger partial charge is 0.225 e. The monoisotopic (exact) mass is 166 g/mol. The molecule has 0 atom stereocenters. The molecule has 0 aliphatic heterocycles. The standard InChI is InChI=1S/C9H4F2O/c10-7-5-3-1-2-4-6(5)9(12)8(7)11/h1-4H. The fraction of sp³-hybridized carbons (Fsp3) is 0. The molecule has 1 aromatic rings. The first-order valence-electron chi connectivity index (χ1n) is 3.41. The maximum absolute atomic E-state index is 12.8. The first kappa shape index (κ1) is 7.16. The van der Waals surface area contributed by atoms with Gasteiger partial charge >= 0.3 is 0 Å². The summed E-state index contributed by atoms with van der Waals surface area (Å²) in [5, 5.41) is 0. The Balaban J connectivity index is 2.73. The molecule has 0 spiro atoms. The van der Waals surface area contributed by atoms with Crippen LogP contribution in [0.4, 0.5) is 8.78 Å². The molecule has 1 aliphatic carbocycles. The summed E-state index contributed by atoms with van der Waals surface area (Å²) in [5.74, 6) is -3.19. The number of rotatable bonds is 0. The molecule has 12 heavy (non-hydrogen) atoms. The van der Waals surface area contributed by atoms with Gasteiger partial charge in [0, 0.05) is 11.1 Å². The number of halogens is 2. The minimum absolute atomic E-state index is 0.0556. The SMILES string of the molecule is O=C1C(F)=C(F)c2ccccc21. The Morgan fingerprint density at radius 2 is 1.50 bits per heavy atom. The predicted octanol–water partition coefficient (Wildman–Crippen LogP) is 2.49. The normalized spacial score (nSPS) is 15.3. The number of benzene rings is 1. The number of hydrogen-bond donors (Lipinski definition) is 0. The number of carbonyl (C=O) groups excluding carboxylic acids is 1. The average molecular weight is 166 g/mol. The van der Waals surface area contributed by atoms with Gasteiger partial charge in [0.05, 0.1) is 0 Å². The number of allylic oxidation sites excluding steroid dienone is 1. The summed E-state index contributed by atoms with van der Waals surface area (Å²) in [6, 6.07) is 5.92. The molecule has 2 rings (SSSR count). The van der Waals surface area contributed by atoms with Crippen LogP contribution in [0.25, 0.3) is 5.83 Å². The van der Waals surface area contributed by atoms with Crippen LogP contribution >= 0.6 is 0 Å².